The van der Waals surface area contributed by atoms with Gasteiger partial charge in [0, 0.05) is 23.7 Å². The molecule has 3 aromatic rings. The van der Waals surface area contributed by atoms with Gasteiger partial charge < -0.3 is 10.1 Å². The molecule has 1 aliphatic heterocycles. The van der Waals surface area contributed by atoms with Gasteiger partial charge in [0.05, 0.1) is 24.9 Å². The third-order valence-corrected chi connectivity index (χ3v) is 4.98. The Morgan fingerprint density at radius 1 is 1.23 bits per heavy atom. The number of amides is 1. The van der Waals surface area contributed by atoms with Crippen molar-refractivity contribution in [2.75, 3.05) is 13.7 Å². The molecule has 7 nitrogen and oxygen atoms in total. The molecule has 30 heavy (non-hydrogen) atoms. The zero-order chi connectivity index (χ0) is 21.3. The summed E-state index contributed by atoms with van der Waals surface area (Å²) in [5.74, 6) is 1.38. The fourth-order valence-corrected chi connectivity index (χ4v) is 3.65. The van der Waals surface area contributed by atoms with Gasteiger partial charge in [-0.25, -0.2) is 4.39 Å². The standard InChI is InChI=1S/C22H22FN5O2/c1-4-24-20(29)12-18-22-27-26-13(2)28(22)19-11-16(30-3)8-9-17(19)21(25-18)14-6-5-7-15(23)10-14/h5-11,18H,4,12H2,1-3H3,(H,24,29)/t18-/m0/s1. The topological polar surface area (TPSA) is 81.4 Å². The molecule has 0 saturated heterocycles. The van der Waals surface area contributed by atoms with Crippen LogP contribution >= 0.6 is 0 Å². The number of halogens is 1. The van der Waals surface area contributed by atoms with Crippen LogP contribution in [0.25, 0.3) is 5.69 Å². The predicted octanol–water partition coefficient (Wildman–Crippen LogP) is 3.14. The minimum Gasteiger partial charge on any atom is -0.497 e. The Bertz CT molecular complexity index is 1140. The second-order valence-corrected chi connectivity index (χ2v) is 6.99. The van der Waals surface area contributed by atoms with Crippen LogP contribution in [-0.2, 0) is 4.79 Å². The van der Waals surface area contributed by atoms with E-state index in [-0.39, 0.29) is 18.1 Å². The maximum atomic E-state index is 14.0. The zero-order valence-corrected chi connectivity index (χ0v) is 17.0. The molecule has 0 saturated carbocycles. The van der Waals surface area contributed by atoms with E-state index in [0.717, 1.165) is 11.3 Å². The second kappa shape index (κ2) is 8.06. The van der Waals surface area contributed by atoms with E-state index in [2.05, 4.69) is 15.5 Å². The summed E-state index contributed by atoms with van der Waals surface area (Å²) in [6.45, 7) is 4.23. The maximum Gasteiger partial charge on any atom is 0.222 e. The average Bonchev–Trinajstić information content (AvgIpc) is 3.05. The van der Waals surface area contributed by atoms with Crippen molar-refractivity contribution in [3.05, 3.63) is 71.1 Å². The van der Waals surface area contributed by atoms with Gasteiger partial charge in [-0.15, -0.1) is 10.2 Å². The Balaban J connectivity index is 1.97. The Morgan fingerprint density at radius 3 is 2.80 bits per heavy atom. The molecule has 1 aliphatic rings. The molecule has 0 unspecified atom stereocenters. The van der Waals surface area contributed by atoms with Crippen LogP contribution in [0.2, 0.25) is 0 Å². The van der Waals surface area contributed by atoms with Crippen molar-refractivity contribution in [3.63, 3.8) is 0 Å². The number of hydrogen-bond donors (Lipinski definition) is 1. The SMILES string of the molecule is CCNC(=O)C[C@@H]1N=C(c2cccc(F)c2)c2ccc(OC)cc2-n2c(C)nnc21. The van der Waals surface area contributed by atoms with E-state index in [4.69, 9.17) is 9.73 Å². The molecule has 2 heterocycles. The minimum absolute atomic E-state index is 0.107. The van der Waals surface area contributed by atoms with Gasteiger partial charge in [0.1, 0.15) is 23.4 Å². The van der Waals surface area contributed by atoms with Crippen molar-refractivity contribution < 1.29 is 13.9 Å². The van der Waals surface area contributed by atoms with Gasteiger partial charge in [-0.3, -0.25) is 14.4 Å². The summed E-state index contributed by atoms with van der Waals surface area (Å²) in [6.07, 6.45) is 0.107. The number of fused-ring (bicyclic) bond motifs is 3. The minimum atomic E-state index is -0.575. The molecule has 154 valence electrons. The lowest BCUT2D eigenvalue weighted by molar-refractivity contribution is -0.121. The molecule has 0 radical (unpaired) electrons. The van der Waals surface area contributed by atoms with E-state index in [0.29, 0.717) is 35.2 Å². The van der Waals surface area contributed by atoms with Crippen LogP contribution in [0, 0.1) is 12.7 Å². The Morgan fingerprint density at radius 2 is 2.07 bits per heavy atom. The van der Waals surface area contributed by atoms with E-state index in [1.165, 1.54) is 12.1 Å². The molecule has 0 bridgehead atoms. The van der Waals surface area contributed by atoms with Gasteiger partial charge in [0.25, 0.3) is 0 Å². The molecular weight excluding hydrogens is 385 g/mol. The third-order valence-electron chi connectivity index (χ3n) is 4.98. The van der Waals surface area contributed by atoms with Crippen LogP contribution in [0.3, 0.4) is 0 Å². The molecule has 2 aromatic carbocycles. The van der Waals surface area contributed by atoms with Crippen molar-refractivity contribution in [1.29, 1.82) is 0 Å². The number of rotatable bonds is 5. The third kappa shape index (κ3) is 3.56. The number of carbonyl (C=O) groups excluding carboxylic acids is 1. The largest absolute Gasteiger partial charge is 0.497 e. The molecule has 0 aliphatic carbocycles. The van der Waals surface area contributed by atoms with Crippen LogP contribution in [0.1, 0.15) is 42.2 Å². The number of methoxy groups -OCH3 is 1. The summed E-state index contributed by atoms with van der Waals surface area (Å²) in [6, 6.07) is 11.3. The number of aromatic nitrogens is 3. The summed E-state index contributed by atoms with van der Waals surface area (Å²) >= 11 is 0. The van der Waals surface area contributed by atoms with Crippen molar-refractivity contribution >= 4 is 11.6 Å². The van der Waals surface area contributed by atoms with Crippen LogP contribution in [-0.4, -0.2) is 40.0 Å². The van der Waals surface area contributed by atoms with Crippen LogP contribution < -0.4 is 10.1 Å². The first kappa shape index (κ1) is 19.8. The number of nitrogens with zero attached hydrogens (tertiary/aromatic N) is 4. The van der Waals surface area contributed by atoms with Crippen molar-refractivity contribution in [2.24, 2.45) is 4.99 Å². The van der Waals surface area contributed by atoms with Crippen LogP contribution in [0.4, 0.5) is 4.39 Å². The number of hydrogen-bond acceptors (Lipinski definition) is 5. The zero-order valence-electron chi connectivity index (χ0n) is 17.0. The molecule has 4 rings (SSSR count). The first-order valence-electron chi connectivity index (χ1n) is 9.73. The van der Waals surface area contributed by atoms with Crippen molar-refractivity contribution in [2.45, 2.75) is 26.3 Å². The normalized spacial score (nSPS) is 14.9. The molecular formula is C22H22FN5O2. The Hall–Kier alpha value is -3.55. The highest BCUT2D eigenvalue weighted by Gasteiger charge is 2.30. The summed E-state index contributed by atoms with van der Waals surface area (Å²) in [4.78, 5) is 17.3. The lowest BCUT2D eigenvalue weighted by Crippen LogP contribution is -2.25. The quantitative estimate of drug-likeness (QED) is 0.705. The highest BCUT2D eigenvalue weighted by molar-refractivity contribution is 6.15. The fraction of sp³-hybridized carbons (Fsp3) is 0.273. The molecule has 0 fully saturated rings. The van der Waals surface area contributed by atoms with Crippen molar-refractivity contribution in [3.8, 4) is 11.4 Å². The molecule has 8 heteroatoms. The summed E-state index contributed by atoms with van der Waals surface area (Å²) in [5, 5.41) is 11.4. The number of nitrogens with one attached hydrogen (secondary N) is 1. The molecule has 0 spiro atoms. The second-order valence-electron chi connectivity index (χ2n) is 6.99. The number of carbonyl (C=O) groups is 1. The number of ether oxygens (including phenoxy) is 1. The maximum absolute atomic E-state index is 14.0. The van der Waals surface area contributed by atoms with E-state index in [1.807, 2.05) is 36.6 Å². The molecule has 1 aromatic heterocycles. The van der Waals surface area contributed by atoms with Crippen LogP contribution in [0.5, 0.6) is 5.75 Å². The van der Waals surface area contributed by atoms with E-state index < -0.39 is 6.04 Å². The van der Waals surface area contributed by atoms with E-state index in [9.17, 15) is 9.18 Å². The van der Waals surface area contributed by atoms with Gasteiger partial charge in [-0.1, -0.05) is 12.1 Å². The predicted molar refractivity (Wildman–Crippen MR) is 111 cm³/mol. The number of aliphatic imine (C=N–C) groups is 1. The lowest BCUT2D eigenvalue weighted by Gasteiger charge is -2.14. The number of aryl methyl sites for hydroxylation is 1. The van der Waals surface area contributed by atoms with E-state index >= 15 is 0 Å². The summed E-state index contributed by atoms with van der Waals surface area (Å²) in [7, 11) is 1.60. The van der Waals surface area contributed by atoms with Crippen LogP contribution in [0.15, 0.2) is 47.5 Å². The summed E-state index contributed by atoms with van der Waals surface area (Å²) in [5.41, 5.74) is 2.77. The Labute approximate surface area is 173 Å². The lowest BCUT2D eigenvalue weighted by atomic mass is 10.00. The first-order valence-corrected chi connectivity index (χ1v) is 9.73. The molecule has 1 atom stereocenters. The molecule has 1 N–H and O–H groups in total. The summed E-state index contributed by atoms with van der Waals surface area (Å²) < 4.78 is 21.3. The smallest absolute Gasteiger partial charge is 0.222 e. The van der Waals surface area contributed by atoms with Gasteiger partial charge in [-0.2, -0.15) is 0 Å². The van der Waals surface area contributed by atoms with Crippen molar-refractivity contribution in [1.82, 2.24) is 20.1 Å². The fourth-order valence-electron chi connectivity index (χ4n) is 3.65. The van der Waals surface area contributed by atoms with Gasteiger partial charge in [-0.05, 0) is 38.1 Å². The van der Waals surface area contributed by atoms with Gasteiger partial charge >= 0.3 is 0 Å². The Kier molecular flexibility index (Phi) is 5.31. The van der Waals surface area contributed by atoms with Gasteiger partial charge in [0.2, 0.25) is 5.91 Å². The highest BCUT2D eigenvalue weighted by atomic mass is 19.1. The monoisotopic (exact) mass is 407 g/mol. The average molecular weight is 407 g/mol. The molecule has 1 amide bonds. The number of benzene rings is 2. The first-order chi connectivity index (χ1) is 14.5. The van der Waals surface area contributed by atoms with E-state index in [1.54, 1.807) is 19.2 Å². The highest BCUT2D eigenvalue weighted by Crippen LogP contribution is 2.34. The van der Waals surface area contributed by atoms with Gasteiger partial charge in [0.15, 0.2) is 5.82 Å².